The van der Waals surface area contributed by atoms with Gasteiger partial charge >= 0.3 is 0 Å². The topological polar surface area (TPSA) is 38.7 Å². The Morgan fingerprint density at radius 3 is 2.61 bits per heavy atom. The highest BCUT2D eigenvalue weighted by Gasteiger charge is 2.30. The molecule has 3 nitrogen and oxygen atoms in total. The lowest BCUT2D eigenvalue weighted by molar-refractivity contribution is 0.168. The Morgan fingerprint density at radius 1 is 1.33 bits per heavy atom. The number of aliphatic hydroxyl groups is 1. The minimum atomic E-state index is -0.306. The molecule has 0 atom stereocenters. The monoisotopic (exact) mass is 314 g/mol. The van der Waals surface area contributed by atoms with Gasteiger partial charge in [0.15, 0.2) is 11.5 Å². The van der Waals surface area contributed by atoms with E-state index < -0.39 is 0 Å². The molecule has 0 fully saturated rings. The fourth-order valence-electron chi connectivity index (χ4n) is 2.37. The second-order valence-electron chi connectivity index (χ2n) is 5.13. The number of hydrogen-bond acceptors (Lipinski definition) is 3. The Balaban J connectivity index is 2.66. The van der Waals surface area contributed by atoms with E-state index >= 15 is 0 Å². The number of aliphatic hydroxyl groups excluding tert-OH is 1. The van der Waals surface area contributed by atoms with Crippen molar-refractivity contribution in [3.8, 4) is 11.5 Å². The number of rotatable bonds is 3. The quantitative estimate of drug-likeness (QED) is 0.932. The molecule has 0 saturated carbocycles. The van der Waals surface area contributed by atoms with E-state index in [1.54, 1.807) is 0 Å². The summed E-state index contributed by atoms with van der Waals surface area (Å²) in [5, 5.41) is 9.60. The highest BCUT2D eigenvalue weighted by molar-refractivity contribution is 9.10. The van der Waals surface area contributed by atoms with E-state index in [0.29, 0.717) is 13.2 Å². The van der Waals surface area contributed by atoms with Crippen LogP contribution in [0.5, 0.6) is 11.5 Å². The molecule has 4 heteroatoms. The van der Waals surface area contributed by atoms with E-state index in [9.17, 15) is 5.11 Å². The van der Waals surface area contributed by atoms with Crippen LogP contribution in [-0.4, -0.2) is 24.9 Å². The zero-order valence-electron chi connectivity index (χ0n) is 11.0. The first-order valence-electron chi connectivity index (χ1n) is 6.23. The van der Waals surface area contributed by atoms with Crippen LogP contribution in [0.4, 0.5) is 0 Å². The van der Waals surface area contributed by atoms with Gasteiger partial charge in [0.2, 0.25) is 0 Å². The molecule has 0 radical (unpaired) electrons. The van der Waals surface area contributed by atoms with Crippen molar-refractivity contribution in [3.63, 3.8) is 0 Å². The third-order valence-corrected chi connectivity index (χ3v) is 3.93. The molecule has 0 unspecified atom stereocenters. The minimum absolute atomic E-state index is 0.0955. The van der Waals surface area contributed by atoms with Crippen LogP contribution < -0.4 is 9.47 Å². The molecule has 1 aliphatic rings. The Hall–Kier alpha value is -0.740. The van der Waals surface area contributed by atoms with Crippen molar-refractivity contribution in [1.82, 2.24) is 0 Å². The largest absolute Gasteiger partial charge is 0.486 e. The smallest absolute Gasteiger partial charge is 0.164 e. The summed E-state index contributed by atoms with van der Waals surface area (Å²) in [6.45, 7) is 7.42. The van der Waals surface area contributed by atoms with Crippen molar-refractivity contribution >= 4 is 15.9 Å². The van der Waals surface area contributed by atoms with E-state index in [-0.39, 0.29) is 12.0 Å². The SMILES string of the molecule is CCc1c2c(cc(Br)c1C(C)(C)CO)OCCO2. The van der Waals surface area contributed by atoms with Gasteiger partial charge in [0.25, 0.3) is 0 Å². The molecule has 100 valence electrons. The molecule has 1 N–H and O–H groups in total. The predicted molar refractivity (Wildman–Crippen MR) is 74.6 cm³/mol. The zero-order chi connectivity index (χ0) is 13.3. The number of fused-ring (bicyclic) bond motifs is 1. The first-order valence-corrected chi connectivity index (χ1v) is 7.03. The summed E-state index contributed by atoms with van der Waals surface area (Å²) in [6.07, 6.45) is 0.851. The van der Waals surface area contributed by atoms with E-state index in [2.05, 4.69) is 22.9 Å². The van der Waals surface area contributed by atoms with E-state index in [4.69, 9.17) is 9.47 Å². The van der Waals surface area contributed by atoms with Gasteiger partial charge in [-0.1, -0.05) is 36.7 Å². The van der Waals surface area contributed by atoms with E-state index in [1.807, 2.05) is 19.9 Å². The molecule has 0 bridgehead atoms. The van der Waals surface area contributed by atoms with Crippen LogP contribution in [0.1, 0.15) is 31.9 Å². The van der Waals surface area contributed by atoms with Crippen LogP contribution in [0.2, 0.25) is 0 Å². The van der Waals surface area contributed by atoms with Gasteiger partial charge < -0.3 is 14.6 Å². The molecule has 0 aliphatic carbocycles. The van der Waals surface area contributed by atoms with Crippen molar-refractivity contribution in [2.45, 2.75) is 32.6 Å². The van der Waals surface area contributed by atoms with Crippen molar-refractivity contribution in [2.24, 2.45) is 0 Å². The highest BCUT2D eigenvalue weighted by Crippen LogP contribution is 2.44. The van der Waals surface area contributed by atoms with Crippen LogP contribution >= 0.6 is 15.9 Å². The number of halogens is 1. The van der Waals surface area contributed by atoms with Crippen molar-refractivity contribution < 1.29 is 14.6 Å². The second kappa shape index (κ2) is 5.10. The lowest BCUT2D eigenvalue weighted by Gasteiger charge is -2.30. The standard InChI is InChI=1S/C14H19BrO3/c1-4-9-12(14(2,3)8-16)10(15)7-11-13(9)18-6-5-17-11/h7,16H,4-6,8H2,1-3H3. The van der Waals surface area contributed by atoms with Crippen molar-refractivity contribution in [1.29, 1.82) is 0 Å². The third-order valence-electron chi connectivity index (χ3n) is 3.31. The fraction of sp³-hybridized carbons (Fsp3) is 0.571. The summed E-state index contributed by atoms with van der Waals surface area (Å²) in [4.78, 5) is 0. The van der Waals surface area contributed by atoms with Gasteiger partial charge in [-0.2, -0.15) is 0 Å². The van der Waals surface area contributed by atoms with Crippen LogP contribution in [0.3, 0.4) is 0 Å². The Kier molecular flexibility index (Phi) is 3.87. The maximum atomic E-state index is 9.60. The molecule has 1 aromatic rings. The van der Waals surface area contributed by atoms with E-state index in [0.717, 1.165) is 33.5 Å². The normalized spacial score (nSPS) is 14.7. The molecule has 0 amide bonds. The summed E-state index contributed by atoms with van der Waals surface area (Å²) >= 11 is 3.60. The first kappa shape index (κ1) is 13.7. The van der Waals surface area contributed by atoms with Gasteiger partial charge in [0, 0.05) is 15.5 Å². The number of benzene rings is 1. The van der Waals surface area contributed by atoms with Crippen LogP contribution in [0, 0.1) is 0 Å². The molecular formula is C14H19BrO3. The lowest BCUT2D eigenvalue weighted by Crippen LogP contribution is -2.26. The number of ether oxygens (including phenoxy) is 2. The minimum Gasteiger partial charge on any atom is -0.486 e. The van der Waals surface area contributed by atoms with Crippen LogP contribution in [0.25, 0.3) is 0 Å². The molecule has 0 saturated heterocycles. The van der Waals surface area contributed by atoms with Gasteiger partial charge in [-0.05, 0) is 18.1 Å². The van der Waals surface area contributed by atoms with Gasteiger partial charge in [-0.3, -0.25) is 0 Å². The van der Waals surface area contributed by atoms with Gasteiger partial charge in [0.1, 0.15) is 13.2 Å². The average molecular weight is 315 g/mol. The Labute approximate surface area is 116 Å². The maximum absolute atomic E-state index is 9.60. The van der Waals surface area contributed by atoms with Crippen molar-refractivity contribution in [3.05, 3.63) is 21.7 Å². The predicted octanol–water partition coefficient (Wildman–Crippen LogP) is 3.05. The molecule has 0 spiro atoms. The zero-order valence-corrected chi connectivity index (χ0v) is 12.6. The maximum Gasteiger partial charge on any atom is 0.164 e. The van der Waals surface area contributed by atoms with Gasteiger partial charge in [-0.25, -0.2) is 0 Å². The third kappa shape index (κ3) is 2.24. The van der Waals surface area contributed by atoms with Crippen LogP contribution in [0.15, 0.2) is 10.5 Å². The summed E-state index contributed by atoms with van der Waals surface area (Å²) in [5.41, 5.74) is 1.93. The molecule has 18 heavy (non-hydrogen) atoms. The van der Waals surface area contributed by atoms with Gasteiger partial charge in [0.05, 0.1) is 6.61 Å². The average Bonchev–Trinajstić information content (AvgIpc) is 2.36. The molecule has 0 aromatic heterocycles. The Morgan fingerprint density at radius 2 is 2.00 bits per heavy atom. The second-order valence-corrected chi connectivity index (χ2v) is 5.99. The van der Waals surface area contributed by atoms with E-state index in [1.165, 1.54) is 0 Å². The fourth-order valence-corrected chi connectivity index (χ4v) is 3.35. The van der Waals surface area contributed by atoms with Crippen molar-refractivity contribution in [2.75, 3.05) is 19.8 Å². The summed E-state index contributed by atoms with van der Waals surface area (Å²) in [7, 11) is 0. The summed E-state index contributed by atoms with van der Waals surface area (Å²) < 4.78 is 12.4. The summed E-state index contributed by atoms with van der Waals surface area (Å²) in [6, 6.07) is 1.94. The highest BCUT2D eigenvalue weighted by atomic mass is 79.9. The molecule has 1 heterocycles. The summed E-state index contributed by atoms with van der Waals surface area (Å²) in [5.74, 6) is 1.63. The Bertz CT molecular complexity index is 455. The lowest BCUT2D eigenvalue weighted by atomic mass is 9.81. The molecule has 2 rings (SSSR count). The number of hydrogen-bond donors (Lipinski definition) is 1. The first-order chi connectivity index (χ1) is 8.51. The van der Waals surface area contributed by atoms with Crippen LogP contribution in [-0.2, 0) is 11.8 Å². The van der Waals surface area contributed by atoms with Gasteiger partial charge in [-0.15, -0.1) is 0 Å². The molecule has 1 aromatic carbocycles. The molecule has 1 aliphatic heterocycles. The molecular weight excluding hydrogens is 296 g/mol.